The standard InChI is InChI=1S/C13H26N2.C12H26N2.2C11H24N2.C10H22N2.C10H21NO/c1-12(2,3)15-9-7-13(8-10-15)6-5-11(13)14-4;1-11(2,3)14-8-6-10(7-9-14)12(4,5)13;1-11(2,3)13-8-6-10(7-9-13)12(4)5;1-11(2,3)13-7-5-10(6-8-13)9-12-4;1-10(2,3)12-7-5-9(11-4)6-8-12;1-10(2,3)11-6-4-9(8-12)5-7-11/h11,14H,5-10H2,1-4H3;10H,6-9,13H2,1-5H3;10H,6-9H2,1-5H3;10,12H,5-9H2,1-4H3;9,11H,5-8H2,1-4H3;9,12H,4-8H2,1-3H3. The second kappa shape index (κ2) is 32.9. The Morgan fingerprint density at radius 2 is 0.734 bits per heavy atom. The zero-order valence-corrected chi connectivity index (χ0v) is 57.9. The number of hydrogen-bond acceptors (Lipinski definition) is 12. The third-order valence-electron chi connectivity index (χ3n) is 20.1. The summed E-state index contributed by atoms with van der Waals surface area (Å²) in [5, 5.41) is 19.1. The molecule has 1 spiro atoms. The summed E-state index contributed by atoms with van der Waals surface area (Å²) in [6, 6.07) is 2.36. The van der Waals surface area contributed by atoms with E-state index in [0.29, 0.717) is 57.1 Å². The van der Waals surface area contributed by atoms with Gasteiger partial charge in [0.1, 0.15) is 0 Å². The number of aliphatic hydroxyl groups is 1. The fourth-order valence-corrected chi connectivity index (χ4v) is 13.4. The molecule has 0 aromatic heterocycles. The number of rotatable bonds is 7. The molecule has 6 saturated heterocycles. The van der Waals surface area contributed by atoms with Gasteiger partial charge in [0, 0.05) is 89.7 Å². The number of nitrogens with two attached hydrogens (primary N) is 1. The summed E-state index contributed by atoms with van der Waals surface area (Å²) < 4.78 is 0. The summed E-state index contributed by atoms with van der Waals surface area (Å²) in [5.74, 6) is 2.16. The molecule has 1 saturated carbocycles. The van der Waals surface area contributed by atoms with Gasteiger partial charge in [-0.2, -0.15) is 0 Å². The average molecular weight is 1120 g/mol. The van der Waals surface area contributed by atoms with Crippen LogP contribution in [0, 0.1) is 23.2 Å². The van der Waals surface area contributed by atoms with Crippen LogP contribution in [0.1, 0.15) is 228 Å². The fraction of sp³-hybridized carbons (Fsp3) is 1.00. The number of hydrogen-bond donors (Lipinski definition) is 5. The molecule has 0 aromatic rings. The summed E-state index contributed by atoms with van der Waals surface area (Å²) in [7, 11) is 10.6. The van der Waals surface area contributed by atoms with Crippen molar-refractivity contribution in [3.63, 3.8) is 0 Å². The van der Waals surface area contributed by atoms with Crippen molar-refractivity contribution in [3.8, 4) is 0 Å². The van der Waals surface area contributed by atoms with Crippen LogP contribution in [0.25, 0.3) is 0 Å². The average Bonchev–Trinajstić information content (AvgIpc) is 3.36. The molecule has 1 aliphatic carbocycles. The van der Waals surface area contributed by atoms with Gasteiger partial charge in [0.2, 0.25) is 0 Å². The topological polar surface area (TPSA) is 105 Å². The SMILES string of the molecule is CC(C)(C)N1CCC(CO)CC1.CC(C)(N)C1CCN(C(C)(C)C)CC1.CN(C)C1CCN(C(C)(C)C)CC1.CNC1CCC12CCN(C(C)(C)C)CC2.CNC1CCN(C(C)(C)C)CC1.CNCC1CCN(C(C)(C)C)CC1. The molecule has 0 bridgehead atoms. The summed E-state index contributed by atoms with van der Waals surface area (Å²) in [6.07, 6.45) is 18.4. The maximum absolute atomic E-state index is 8.96. The van der Waals surface area contributed by atoms with Gasteiger partial charge < -0.3 is 31.7 Å². The highest BCUT2D eigenvalue weighted by atomic mass is 16.3. The normalized spacial score (nSPS) is 24.4. The molecule has 7 fully saturated rings. The molecule has 6 heterocycles. The van der Waals surface area contributed by atoms with E-state index in [1.54, 1.807) is 0 Å². The molecule has 12 heteroatoms. The van der Waals surface area contributed by atoms with E-state index in [1.165, 1.54) is 149 Å². The van der Waals surface area contributed by atoms with Crippen molar-refractivity contribution < 1.29 is 5.11 Å². The first kappa shape index (κ1) is 74.6. The van der Waals surface area contributed by atoms with Crippen molar-refractivity contribution in [3.05, 3.63) is 0 Å². The van der Waals surface area contributed by atoms with Crippen molar-refractivity contribution in [1.82, 2.24) is 50.2 Å². The van der Waals surface area contributed by atoms with Crippen LogP contribution >= 0.6 is 0 Å². The van der Waals surface area contributed by atoms with Crippen LogP contribution in [0.15, 0.2) is 0 Å². The van der Waals surface area contributed by atoms with Gasteiger partial charge in [0.25, 0.3) is 0 Å². The highest BCUT2D eigenvalue weighted by Gasteiger charge is 2.48. The minimum Gasteiger partial charge on any atom is -0.396 e. The maximum Gasteiger partial charge on any atom is 0.0460 e. The molecule has 0 amide bonds. The molecule has 0 radical (unpaired) electrons. The highest BCUT2D eigenvalue weighted by Crippen LogP contribution is 2.49. The minimum atomic E-state index is 0.00394. The second-order valence-corrected chi connectivity index (χ2v) is 32.7. The van der Waals surface area contributed by atoms with Crippen LogP contribution in [0.2, 0.25) is 0 Å². The van der Waals surface area contributed by atoms with E-state index in [9.17, 15) is 0 Å². The third-order valence-corrected chi connectivity index (χ3v) is 20.1. The Morgan fingerprint density at radius 3 is 1.00 bits per heavy atom. The lowest BCUT2D eigenvalue weighted by molar-refractivity contribution is -0.0287. The predicted octanol–water partition coefficient (Wildman–Crippen LogP) is 11.0. The number of nitrogens with zero attached hydrogens (tertiary/aromatic N) is 7. The van der Waals surface area contributed by atoms with Gasteiger partial charge >= 0.3 is 0 Å². The Hall–Kier alpha value is -0.480. The van der Waals surface area contributed by atoms with Crippen LogP contribution in [-0.2, 0) is 0 Å². The molecule has 0 aromatic carbocycles. The summed E-state index contributed by atoms with van der Waals surface area (Å²) >= 11 is 0. The molecule has 79 heavy (non-hydrogen) atoms. The molecule has 6 N–H and O–H groups in total. The molecule has 6 aliphatic heterocycles. The zero-order valence-electron chi connectivity index (χ0n) is 57.9. The molecular weight excluding hydrogens is 975 g/mol. The molecule has 472 valence electrons. The summed E-state index contributed by atoms with van der Waals surface area (Å²) in [5.41, 5.74) is 8.89. The lowest BCUT2D eigenvalue weighted by Crippen LogP contribution is -2.59. The van der Waals surface area contributed by atoms with Gasteiger partial charge in [-0.05, 0) is 346 Å². The van der Waals surface area contributed by atoms with Crippen molar-refractivity contribution in [2.24, 2.45) is 28.9 Å². The largest absolute Gasteiger partial charge is 0.396 e. The van der Waals surface area contributed by atoms with E-state index in [2.05, 4.69) is 224 Å². The van der Waals surface area contributed by atoms with E-state index in [-0.39, 0.29) is 5.54 Å². The second-order valence-electron chi connectivity index (χ2n) is 32.7. The van der Waals surface area contributed by atoms with Crippen LogP contribution in [0.3, 0.4) is 0 Å². The van der Waals surface area contributed by atoms with Crippen LogP contribution < -0.4 is 21.7 Å². The molecule has 12 nitrogen and oxygen atoms in total. The Kier molecular flexibility index (Phi) is 31.0. The van der Waals surface area contributed by atoms with Crippen molar-refractivity contribution in [1.29, 1.82) is 0 Å². The van der Waals surface area contributed by atoms with E-state index in [1.807, 2.05) is 0 Å². The molecule has 1 atom stereocenters. The minimum absolute atomic E-state index is 0.00394. The van der Waals surface area contributed by atoms with E-state index in [4.69, 9.17) is 10.8 Å². The predicted molar refractivity (Wildman–Crippen MR) is 348 cm³/mol. The lowest BCUT2D eigenvalue weighted by Gasteiger charge is -2.55. The van der Waals surface area contributed by atoms with Gasteiger partial charge in [-0.25, -0.2) is 0 Å². The lowest BCUT2D eigenvalue weighted by atomic mass is 9.59. The van der Waals surface area contributed by atoms with Crippen molar-refractivity contribution >= 4 is 0 Å². The fourth-order valence-electron chi connectivity index (χ4n) is 13.4. The van der Waals surface area contributed by atoms with Crippen LogP contribution in [0.4, 0.5) is 0 Å². The van der Waals surface area contributed by atoms with Crippen LogP contribution in [0.5, 0.6) is 0 Å². The molecule has 1 unspecified atom stereocenters. The monoisotopic (exact) mass is 1120 g/mol. The van der Waals surface area contributed by atoms with Gasteiger partial charge in [0.15, 0.2) is 0 Å². The number of likely N-dealkylation sites (tertiary alicyclic amines) is 6. The first-order chi connectivity index (χ1) is 36.2. The van der Waals surface area contributed by atoms with Crippen molar-refractivity contribution in [2.75, 3.05) is 127 Å². The van der Waals surface area contributed by atoms with Gasteiger partial charge in [-0.1, -0.05) is 0 Å². The summed E-state index contributed by atoms with van der Waals surface area (Å²) in [4.78, 5) is 17.8. The quantitative estimate of drug-likeness (QED) is 0.168. The highest BCUT2D eigenvalue weighted by molar-refractivity contribution is 5.03. The van der Waals surface area contributed by atoms with Crippen LogP contribution in [-0.4, -0.2) is 223 Å². The van der Waals surface area contributed by atoms with Gasteiger partial charge in [-0.15, -0.1) is 0 Å². The molecular formula is C67H143N11O. The Labute approximate surface area is 494 Å². The third kappa shape index (κ3) is 26.8. The van der Waals surface area contributed by atoms with E-state index in [0.717, 1.165) is 50.0 Å². The van der Waals surface area contributed by atoms with Gasteiger partial charge in [0.05, 0.1) is 0 Å². The number of nitrogens with one attached hydrogen (secondary N) is 3. The Bertz CT molecular complexity index is 1500. The first-order valence-corrected chi connectivity index (χ1v) is 32.8. The first-order valence-electron chi connectivity index (χ1n) is 32.8. The maximum atomic E-state index is 8.96. The Morgan fingerprint density at radius 1 is 0.418 bits per heavy atom. The zero-order chi connectivity index (χ0) is 60.4. The smallest absolute Gasteiger partial charge is 0.0460 e. The number of aliphatic hydroxyl groups excluding tert-OH is 1. The van der Waals surface area contributed by atoms with E-state index >= 15 is 0 Å². The molecule has 7 aliphatic rings. The Balaban J connectivity index is 0.000000325. The van der Waals surface area contributed by atoms with Crippen molar-refractivity contribution in [2.45, 2.75) is 285 Å². The summed E-state index contributed by atoms with van der Waals surface area (Å²) in [6.45, 7) is 62.1. The molecule has 7 rings (SSSR count). The van der Waals surface area contributed by atoms with Gasteiger partial charge in [-0.3, -0.25) is 29.4 Å². The number of piperidine rings is 6. The van der Waals surface area contributed by atoms with E-state index < -0.39 is 0 Å².